The summed E-state index contributed by atoms with van der Waals surface area (Å²) >= 11 is 1.35. The van der Waals surface area contributed by atoms with Crippen LogP contribution in [0.25, 0.3) is 0 Å². The highest BCUT2D eigenvalue weighted by molar-refractivity contribution is 8.00. The van der Waals surface area contributed by atoms with Crippen molar-refractivity contribution in [1.29, 1.82) is 0 Å². The van der Waals surface area contributed by atoms with Gasteiger partial charge in [-0.05, 0) is 90.7 Å². The molecule has 20 nitrogen and oxygen atoms in total. The highest BCUT2D eigenvalue weighted by Gasteiger charge is 2.39. The van der Waals surface area contributed by atoms with Crippen molar-refractivity contribution in [2.24, 2.45) is 5.41 Å². The molecule has 0 aliphatic carbocycles. The molecule has 1 aromatic carbocycles. The van der Waals surface area contributed by atoms with E-state index in [1.807, 2.05) is 13.8 Å². The fraction of sp³-hybridized carbons (Fsp3) is 0.682. The molecule has 1 saturated heterocycles. The summed E-state index contributed by atoms with van der Waals surface area (Å²) in [6, 6.07) is 3.19. The van der Waals surface area contributed by atoms with Gasteiger partial charge >= 0.3 is 6.09 Å². The van der Waals surface area contributed by atoms with E-state index in [0.717, 1.165) is 6.26 Å². The van der Waals surface area contributed by atoms with Crippen LogP contribution in [-0.2, 0) is 59.5 Å². The van der Waals surface area contributed by atoms with Crippen molar-refractivity contribution in [2.45, 2.75) is 129 Å². The lowest BCUT2D eigenvalue weighted by molar-refractivity contribution is -0.140. The first-order chi connectivity index (χ1) is 30.8. The lowest BCUT2D eigenvalue weighted by atomic mass is 9.88. The van der Waals surface area contributed by atoms with E-state index in [-0.39, 0.29) is 100 Å². The average Bonchev–Trinajstić information content (AvgIpc) is 3.52. The van der Waals surface area contributed by atoms with Crippen LogP contribution in [0.1, 0.15) is 99.0 Å². The number of ether oxygens (including phenoxy) is 2. The Morgan fingerprint density at radius 1 is 0.939 bits per heavy atom. The van der Waals surface area contributed by atoms with E-state index in [1.54, 1.807) is 51.3 Å². The van der Waals surface area contributed by atoms with Gasteiger partial charge in [0.15, 0.2) is 0 Å². The molecule has 1 heterocycles. The number of hydrogen-bond acceptors (Lipinski definition) is 14. The molecule has 1 unspecified atom stereocenters. The Morgan fingerprint density at radius 3 is 2.17 bits per heavy atom. The SMILES string of the molecule is CCN(CCS(C)(=O)=O)C(=O)OCc1ccc(NC(=O)[C@H](C)NC(=O)[C@H](C)NC(=O)[C@H](CCCCNC(=O)CCO)NC(=O)C(C)(C)CCOC(C)(C)CCN2C(=O)CC(SC)C2=O)cc1. The molecule has 6 N–H and O–H groups in total. The Hall–Kier alpha value is -4.80. The summed E-state index contributed by atoms with van der Waals surface area (Å²) in [6.45, 7) is 12.2. The van der Waals surface area contributed by atoms with Crippen molar-refractivity contribution in [2.75, 3.05) is 63.0 Å². The Labute approximate surface area is 393 Å². The van der Waals surface area contributed by atoms with Gasteiger partial charge in [-0.25, -0.2) is 13.2 Å². The van der Waals surface area contributed by atoms with Crippen LogP contribution in [0.5, 0.6) is 0 Å². The first-order valence-corrected chi connectivity index (χ1v) is 25.5. The number of carbonyl (C=O) groups is 8. The smallest absolute Gasteiger partial charge is 0.410 e. The van der Waals surface area contributed by atoms with Crippen molar-refractivity contribution in [1.82, 2.24) is 31.1 Å². The van der Waals surface area contributed by atoms with Gasteiger partial charge in [-0.1, -0.05) is 26.0 Å². The number of rotatable bonds is 29. The minimum atomic E-state index is -3.26. The van der Waals surface area contributed by atoms with Crippen LogP contribution in [0, 0.1) is 5.41 Å². The molecule has 1 aromatic rings. The van der Waals surface area contributed by atoms with Crippen LogP contribution < -0.4 is 26.6 Å². The number of unbranched alkanes of at least 4 members (excludes halogenated alkanes) is 1. The highest BCUT2D eigenvalue weighted by Crippen LogP contribution is 2.27. The number of amides is 8. The second-order valence-corrected chi connectivity index (χ2v) is 20.9. The lowest BCUT2D eigenvalue weighted by Crippen LogP contribution is -2.56. The number of nitrogens with one attached hydrogen (secondary N) is 5. The third kappa shape index (κ3) is 20.4. The number of aliphatic hydroxyl groups is 1. The lowest BCUT2D eigenvalue weighted by Gasteiger charge is -2.31. The molecule has 372 valence electrons. The van der Waals surface area contributed by atoms with Gasteiger partial charge in [0.1, 0.15) is 34.6 Å². The maximum atomic E-state index is 13.7. The summed E-state index contributed by atoms with van der Waals surface area (Å²) in [5.41, 5.74) is -0.735. The van der Waals surface area contributed by atoms with Crippen LogP contribution in [0.4, 0.5) is 10.5 Å². The minimum absolute atomic E-state index is 0.00232. The zero-order valence-corrected chi connectivity index (χ0v) is 41.4. The molecule has 1 aliphatic heterocycles. The van der Waals surface area contributed by atoms with Crippen molar-refractivity contribution in [3.8, 4) is 0 Å². The number of nitrogens with zero attached hydrogens (tertiary/aromatic N) is 2. The zero-order chi connectivity index (χ0) is 49.8. The van der Waals surface area contributed by atoms with E-state index in [0.29, 0.717) is 30.5 Å². The highest BCUT2D eigenvalue weighted by atomic mass is 32.2. The minimum Gasteiger partial charge on any atom is -0.445 e. The van der Waals surface area contributed by atoms with Gasteiger partial charge in [-0.2, -0.15) is 11.8 Å². The summed E-state index contributed by atoms with van der Waals surface area (Å²) in [6.07, 6.45) is 4.04. The van der Waals surface area contributed by atoms with Crippen LogP contribution in [-0.4, -0.2) is 157 Å². The molecule has 0 spiro atoms. The quantitative estimate of drug-likeness (QED) is 0.0495. The normalized spacial score (nSPS) is 15.6. The van der Waals surface area contributed by atoms with E-state index in [1.165, 1.54) is 35.4 Å². The molecule has 8 amide bonds. The van der Waals surface area contributed by atoms with Crippen molar-refractivity contribution in [3.05, 3.63) is 29.8 Å². The molecule has 0 saturated carbocycles. The Bertz CT molecular complexity index is 1950. The maximum absolute atomic E-state index is 13.7. The molecule has 2 rings (SSSR count). The number of aliphatic hydroxyl groups excluding tert-OH is 1. The topological polar surface area (TPSA) is 276 Å². The van der Waals surface area contributed by atoms with Gasteiger partial charge in [0, 0.05) is 63.0 Å². The second kappa shape index (κ2) is 27.1. The standard InChI is InChI=1S/C44H71N7O13S2/c1-10-50(23-26-66(9,61)62)42(60)63-28-31-14-16-32(17-15-31)48-38(56)30(3)46-37(55)29(2)47-39(57)33(13-11-12-21-45-35(53)18-24-52)49-41(59)43(4,5)20-25-64-44(6,7)19-22-51-36(54)27-34(65-8)40(51)58/h14-17,29-30,33-34,52H,10-13,18-28H2,1-9H3,(H,45,53)(H,46,55)(H,47,57)(H,48,56)(H,49,59)/t29-,30-,33-,34?/m0/s1. The van der Waals surface area contributed by atoms with Crippen molar-refractivity contribution < 1.29 is 61.4 Å². The first kappa shape index (κ1) is 57.3. The molecule has 66 heavy (non-hydrogen) atoms. The van der Waals surface area contributed by atoms with E-state index >= 15 is 0 Å². The largest absolute Gasteiger partial charge is 0.445 e. The monoisotopic (exact) mass is 969 g/mol. The fourth-order valence-electron chi connectivity index (χ4n) is 6.34. The predicted molar refractivity (Wildman–Crippen MR) is 250 cm³/mol. The van der Waals surface area contributed by atoms with Crippen molar-refractivity contribution >= 4 is 74.7 Å². The van der Waals surface area contributed by atoms with Gasteiger partial charge in [0.2, 0.25) is 41.4 Å². The molecular weight excluding hydrogens is 899 g/mol. The number of hydrogen-bond donors (Lipinski definition) is 6. The molecule has 0 radical (unpaired) electrons. The number of thioether (sulfide) groups is 1. The molecule has 4 atom stereocenters. The van der Waals surface area contributed by atoms with Gasteiger partial charge in [-0.15, -0.1) is 0 Å². The number of likely N-dealkylation sites (tertiary alicyclic amines) is 1. The third-order valence-electron chi connectivity index (χ3n) is 10.9. The zero-order valence-electron chi connectivity index (χ0n) is 39.8. The number of carbonyl (C=O) groups excluding carboxylic acids is 8. The predicted octanol–water partition coefficient (Wildman–Crippen LogP) is 1.88. The Balaban J connectivity index is 1.97. The average molecular weight is 970 g/mol. The fourth-order valence-corrected chi connectivity index (χ4v) is 7.53. The Kier molecular flexibility index (Phi) is 23.6. The Morgan fingerprint density at radius 2 is 1.58 bits per heavy atom. The second-order valence-electron chi connectivity index (χ2n) is 17.6. The van der Waals surface area contributed by atoms with Crippen LogP contribution >= 0.6 is 11.8 Å². The van der Waals surface area contributed by atoms with E-state index in [9.17, 15) is 46.8 Å². The molecule has 22 heteroatoms. The molecule has 1 fully saturated rings. The van der Waals surface area contributed by atoms with Gasteiger partial charge in [0.05, 0.1) is 23.2 Å². The first-order valence-electron chi connectivity index (χ1n) is 22.1. The van der Waals surface area contributed by atoms with Gasteiger partial charge < -0.3 is 46.1 Å². The summed E-state index contributed by atoms with van der Waals surface area (Å²) in [5, 5.41) is 22.0. The number of imide groups is 1. The third-order valence-corrected chi connectivity index (χ3v) is 12.8. The van der Waals surface area contributed by atoms with E-state index in [2.05, 4.69) is 26.6 Å². The van der Waals surface area contributed by atoms with Gasteiger partial charge in [-0.3, -0.25) is 38.5 Å². The molecular formula is C44H71N7O13S2. The van der Waals surface area contributed by atoms with Gasteiger partial charge in [0.25, 0.3) is 0 Å². The number of sulfone groups is 1. The maximum Gasteiger partial charge on any atom is 0.410 e. The summed E-state index contributed by atoms with van der Waals surface area (Å²) in [5.74, 6) is -3.24. The summed E-state index contributed by atoms with van der Waals surface area (Å²) in [7, 11) is -3.26. The van der Waals surface area contributed by atoms with Crippen LogP contribution in [0.2, 0.25) is 0 Å². The molecule has 0 bridgehead atoms. The number of benzene rings is 1. The van der Waals surface area contributed by atoms with Crippen LogP contribution in [0.15, 0.2) is 24.3 Å². The van der Waals surface area contributed by atoms with Crippen LogP contribution in [0.3, 0.4) is 0 Å². The molecule has 0 aromatic heterocycles. The molecule has 1 aliphatic rings. The summed E-state index contributed by atoms with van der Waals surface area (Å²) < 4.78 is 34.4. The van der Waals surface area contributed by atoms with Crippen molar-refractivity contribution in [3.63, 3.8) is 0 Å². The van der Waals surface area contributed by atoms with E-state index in [4.69, 9.17) is 14.6 Å². The summed E-state index contributed by atoms with van der Waals surface area (Å²) in [4.78, 5) is 105. The van der Waals surface area contributed by atoms with E-state index < -0.39 is 68.7 Å². The number of anilines is 1.